The lowest BCUT2D eigenvalue weighted by Gasteiger charge is -2.31. The Morgan fingerprint density at radius 3 is 2.61 bits per heavy atom. The zero-order valence-corrected chi connectivity index (χ0v) is 13.9. The van der Waals surface area contributed by atoms with Crippen LogP contribution in [-0.2, 0) is 4.74 Å². The topological polar surface area (TPSA) is 44.8 Å². The van der Waals surface area contributed by atoms with Gasteiger partial charge in [-0.1, -0.05) is 18.2 Å². The third kappa shape index (κ3) is 4.16. The molecule has 1 aromatic rings. The van der Waals surface area contributed by atoms with Crippen LogP contribution in [0.4, 0.5) is 10.5 Å². The fraction of sp³-hybridized carbons (Fsp3) is 0.611. The van der Waals surface area contributed by atoms with E-state index < -0.39 is 0 Å². The Morgan fingerprint density at radius 2 is 1.91 bits per heavy atom. The van der Waals surface area contributed by atoms with E-state index in [1.807, 2.05) is 11.0 Å². The maximum Gasteiger partial charge on any atom is 0.317 e. The van der Waals surface area contributed by atoms with Gasteiger partial charge in [-0.05, 0) is 37.3 Å². The number of urea groups is 1. The van der Waals surface area contributed by atoms with Crippen LogP contribution in [-0.4, -0.2) is 56.9 Å². The van der Waals surface area contributed by atoms with Gasteiger partial charge in [0.2, 0.25) is 0 Å². The Morgan fingerprint density at radius 1 is 1.17 bits per heavy atom. The van der Waals surface area contributed by atoms with E-state index in [1.165, 1.54) is 5.69 Å². The lowest BCUT2D eigenvalue weighted by molar-refractivity contribution is 0.0502. The summed E-state index contributed by atoms with van der Waals surface area (Å²) in [6.07, 6.45) is 3.33. The van der Waals surface area contributed by atoms with Crippen molar-refractivity contribution in [1.82, 2.24) is 10.2 Å². The van der Waals surface area contributed by atoms with Crippen LogP contribution >= 0.6 is 0 Å². The lowest BCUT2D eigenvalue weighted by Crippen LogP contribution is -2.47. The summed E-state index contributed by atoms with van der Waals surface area (Å²) in [4.78, 5) is 16.6. The second-order valence-corrected chi connectivity index (χ2v) is 6.54. The molecule has 2 heterocycles. The van der Waals surface area contributed by atoms with Crippen LogP contribution < -0.4 is 10.2 Å². The van der Waals surface area contributed by atoms with E-state index in [2.05, 4.69) is 34.5 Å². The molecule has 1 aromatic carbocycles. The molecular formula is C18H27N3O2. The minimum absolute atomic E-state index is 0.0812. The molecule has 0 unspecified atom stereocenters. The number of ether oxygens (including phenoxy) is 1. The Bertz CT molecular complexity index is 500. The van der Waals surface area contributed by atoms with E-state index in [1.54, 1.807) is 7.11 Å². The smallest absolute Gasteiger partial charge is 0.317 e. The van der Waals surface area contributed by atoms with Crippen molar-refractivity contribution in [2.75, 3.05) is 44.7 Å². The van der Waals surface area contributed by atoms with Gasteiger partial charge in [0.15, 0.2) is 0 Å². The second-order valence-electron chi connectivity index (χ2n) is 6.54. The zero-order valence-electron chi connectivity index (χ0n) is 13.9. The van der Waals surface area contributed by atoms with Gasteiger partial charge in [0, 0.05) is 45.5 Å². The first-order valence-corrected chi connectivity index (χ1v) is 8.62. The molecule has 1 N–H and O–H groups in total. The molecule has 5 nitrogen and oxygen atoms in total. The van der Waals surface area contributed by atoms with E-state index in [4.69, 9.17) is 4.74 Å². The first-order chi connectivity index (χ1) is 11.3. The number of nitrogens with one attached hydrogen (secondary N) is 1. The number of hydrogen-bond donors (Lipinski definition) is 1. The summed E-state index contributed by atoms with van der Waals surface area (Å²) in [5, 5.41) is 3.12. The molecule has 23 heavy (non-hydrogen) atoms. The van der Waals surface area contributed by atoms with Crippen LogP contribution in [0, 0.1) is 5.92 Å². The number of benzene rings is 1. The van der Waals surface area contributed by atoms with Crippen molar-refractivity contribution in [3.8, 4) is 0 Å². The van der Waals surface area contributed by atoms with E-state index in [-0.39, 0.29) is 6.03 Å². The molecule has 1 atom stereocenters. The van der Waals surface area contributed by atoms with Gasteiger partial charge in [-0.2, -0.15) is 0 Å². The van der Waals surface area contributed by atoms with Gasteiger partial charge in [-0.15, -0.1) is 0 Å². The molecule has 2 fully saturated rings. The molecule has 126 valence electrons. The van der Waals surface area contributed by atoms with Crippen LogP contribution in [0.2, 0.25) is 0 Å². The number of hydrogen-bond acceptors (Lipinski definition) is 3. The number of carbonyl (C=O) groups excluding carboxylic acids is 1. The van der Waals surface area contributed by atoms with Gasteiger partial charge < -0.3 is 19.9 Å². The van der Waals surface area contributed by atoms with Crippen molar-refractivity contribution in [3.63, 3.8) is 0 Å². The number of nitrogens with zero attached hydrogens (tertiary/aromatic N) is 2. The van der Waals surface area contributed by atoms with Crippen molar-refractivity contribution in [2.45, 2.75) is 25.4 Å². The van der Waals surface area contributed by atoms with Crippen molar-refractivity contribution < 1.29 is 9.53 Å². The van der Waals surface area contributed by atoms with Gasteiger partial charge in [-0.25, -0.2) is 4.79 Å². The molecule has 2 saturated heterocycles. The molecule has 0 aromatic heterocycles. The monoisotopic (exact) mass is 317 g/mol. The number of amides is 2. The summed E-state index contributed by atoms with van der Waals surface area (Å²) in [5.41, 5.74) is 1.28. The summed E-state index contributed by atoms with van der Waals surface area (Å²) in [6, 6.07) is 10.6. The molecule has 0 radical (unpaired) electrons. The summed E-state index contributed by atoms with van der Waals surface area (Å²) >= 11 is 0. The maximum absolute atomic E-state index is 12.3. The lowest BCUT2D eigenvalue weighted by atomic mass is 10.1. The van der Waals surface area contributed by atoms with Gasteiger partial charge >= 0.3 is 6.03 Å². The predicted molar refractivity (Wildman–Crippen MR) is 91.8 cm³/mol. The standard InChI is InChI=1S/C18H27N3O2/c1-23-17-8-11-20(12-9-17)18(22)19-13-15-7-10-21(14-15)16-5-3-2-4-6-16/h2-6,15,17H,7-14H2,1H3,(H,19,22)/t15-/m0/s1. The molecular weight excluding hydrogens is 290 g/mol. The number of carbonyl (C=O) groups is 1. The normalized spacial score (nSPS) is 22.4. The Kier molecular flexibility index (Phi) is 5.39. The highest BCUT2D eigenvalue weighted by Crippen LogP contribution is 2.23. The average Bonchev–Trinajstić information content (AvgIpc) is 3.09. The van der Waals surface area contributed by atoms with Crippen molar-refractivity contribution in [3.05, 3.63) is 30.3 Å². The quantitative estimate of drug-likeness (QED) is 0.927. The van der Waals surface area contributed by atoms with Crippen molar-refractivity contribution in [2.24, 2.45) is 5.92 Å². The number of methoxy groups -OCH3 is 1. The van der Waals surface area contributed by atoms with Crippen molar-refractivity contribution in [1.29, 1.82) is 0 Å². The van der Waals surface area contributed by atoms with Crippen LogP contribution in [0.25, 0.3) is 0 Å². The van der Waals surface area contributed by atoms with Crippen molar-refractivity contribution >= 4 is 11.7 Å². The van der Waals surface area contributed by atoms with Gasteiger partial charge in [-0.3, -0.25) is 0 Å². The average molecular weight is 317 g/mol. The number of rotatable bonds is 4. The number of piperidine rings is 1. The minimum Gasteiger partial charge on any atom is -0.381 e. The summed E-state index contributed by atoms with van der Waals surface area (Å²) in [6.45, 7) is 4.46. The molecule has 0 bridgehead atoms. The van der Waals surface area contributed by atoms with Gasteiger partial charge in [0.1, 0.15) is 0 Å². The molecule has 3 rings (SSSR count). The van der Waals surface area contributed by atoms with E-state index >= 15 is 0 Å². The van der Waals surface area contributed by atoms with Crippen LogP contribution in [0.1, 0.15) is 19.3 Å². The third-order valence-corrected chi connectivity index (χ3v) is 5.01. The fourth-order valence-corrected chi connectivity index (χ4v) is 3.51. The maximum atomic E-state index is 12.3. The summed E-state index contributed by atoms with van der Waals surface area (Å²) < 4.78 is 5.35. The molecule has 0 spiro atoms. The Labute approximate surface area is 138 Å². The molecule has 2 aliphatic rings. The minimum atomic E-state index is 0.0812. The fourth-order valence-electron chi connectivity index (χ4n) is 3.51. The number of anilines is 1. The third-order valence-electron chi connectivity index (χ3n) is 5.01. The zero-order chi connectivity index (χ0) is 16.1. The van der Waals surface area contributed by atoms with Crippen LogP contribution in [0.15, 0.2) is 30.3 Å². The highest BCUT2D eigenvalue weighted by molar-refractivity contribution is 5.74. The molecule has 5 heteroatoms. The number of para-hydroxylation sites is 1. The SMILES string of the molecule is COC1CCN(C(=O)NC[C@@H]2CCN(c3ccccc3)C2)CC1. The van der Waals surface area contributed by atoms with E-state index in [9.17, 15) is 4.79 Å². The summed E-state index contributed by atoms with van der Waals surface area (Å²) in [5.74, 6) is 0.538. The number of likely N-dealkylation sites (tertiary alicyclic amines) is 1. The summed E-state index contributed by atoms with van der Waals surface area (Å²) in [7, 11) is 1.75. The second kappa shape index (κ2) is 7.68. The Hall–Kier alpha value is -1.75. The highest BCUT2D eigenvalue weighted by Gasteiger charge is 2.25. The van der Waals surface area contributed by atoms with Gasteiger partial charge in [0.25, 0.3) is 0 Å². The molecule has 2 amide bonds. The largest absolute Gasteiger partial charge is 0.381 e. The Balaban J connectivity index is 1.40. The first kappa shape index (κ1) is 16.1. The van der Waals surface area contributed by atoms with Crippen LogP contribution in [0.5, 0.6) is 0 Å². The van der Waals surface area contributed by atoms with Crippen LogP contribution in [0.3, 0.4) is 0 Å². The van der Waals surface area contributed by atoms with E-state index in [0.29, 0.717) is 12.0 Å². The van der Waals surface area contributed by atoms with Gasteiger partial charge in [0.05, 0.1) is 6.10 Å². The molecule has 0 saturated carbocycles. The first-order valence-electron chi connectivity index (χ1n) is 8.62. The molecule has 2 aliphatic heterocycles. The highest BCUT2D eigenvalue weighted by atomic mass is 16.5. The van der Waals surface area contributed by atoms with E-state index in [0.717, 1.165) is 52.0 Å². The molecule has 0 aliphatic carbocycles. The predicted octanol–water partition coefficient (Wildman–Crippen LogP) is 2.33.